The van der Waals surface area contributed by atoms with Crippen molar-refractivity contribution in [2.45, 2.75) is 104 Å². The highest BCUT2D eigenvalue weighted by Crippen LogP contribution is 2.39. The Kier molecular flexibility index (Phi) is 17.9. The van der Waals surface area contributed by atoms with Gasteiger partial charge in [0.15, 0.2) is 11.5 Å². The van der Waals surface area contributed by atoms with Crippen molar-refractivity contribution in [3.8, 4) is 17.2 Å². The van der Waals surface area contributed by atoms with Gasteiger partial charge in [-0.2, -0.15) is 0 Å². The number of aliphatic hydroxyl groups excluding tert-OH is 2. The fourth-order valence-corrected chi connectivity index (χ4v) is 3.57. The minimum Gasteiger partial charge on any atom is -0.490 e. The van der Waals surface area contributed by atoms with Crippen LogP contribution in [0.3, 0.4) is 0 Å². The second kappa shape index (κ2) is 20.2. The predicted molar refractivity (Wildman–Crippen MR) is 141 cm³/mol. The van der Waals surface area contributed by atoms with E-state index in [1.165, 1.54) is 6.42 Å². The third kappa shape index (κ3) is 13.6. The summed E-state index contributed by atoms with van der Waals surface area (Å²) in [5.74, 6) is 1.21. The highest BCUT2D eigenvalue weighted by Gasteiger charge is 2.19. The maximum atomic E-state index is 12.8. The number of hydrogen-bond donors (Lipinski definition) is 3. The Hall–Kier alpha value is -1.99. The van der Waals surface area contributed by atoms with Crippen molar-refractivity contribution in [1.29, 1.82) is 0 Å². The molecule has 1 aromatic rings. The molecule has 7 heteroatoms. The number of unbranched alkanes of at least 4 members (excludes halogenated alkanes) is 9. The molecule has 1 atom stereocenters. The van der Waals surface area contributed by atoms with Gasteiger partial charge in [-0.25, -0.2) is 0 Å². The van der Waals surface area contributed by atoms with E-state index in [-0.39, 0.29) is 12.5 Å². The fraction of sp³-hybridized carbons (Fsp3) is 0.750. The maximum absolute atomic E-state index is 12.8. The Balaban J connectivity index is 3.08. The molecule has 7 nitrogen and oxygen atoms in total. The summed E-state index contributed by atoms with van der Waals surface area (Å²) in [4.78, 5) is 12.8. The van der Waals surface area contributed by atoms with Crippen LogP contribution in [0, 0.1) is 0 Å². The van der Waals surface area contributed by atoms with E-state index in [1.54, 1.807) is 12.1 Å². The van der Waals surface area contributed by atoms with Crippen molar-refractivity contribution in [3.05, 3.63) is 17.7 Å². The van der Waals surface area contributed by atoms with Crippen LogP contribution in [-0.4, -0.2) is 55.2 Å². The normalized spacial score (nSPS) is 11.8. The molecule has 35 heavy (non-hydrogen) atoms. The summed E-state index contributed by atoms with van der Waals surface area (Å²) in [5.41, 5.74) is 0.376. The standard InChI is InChI=1S/C28H49NO6/c1-4-7-10-13-16-33-25-19-23(28(32)29-21-24(31)22-30)20-26(34-17-14-11-8-5-2)27(25)35-18-15-12-9-6-3/h19-20,24,30-31H,4-18,21-22H2,1-3H3,(H,29,32). The summed E-state index contributed by atoms with van der Waals surface area (Å²) in [7, 11) is 0. The highest BCUT2D eigenvalue weighted by molar-refractivity contribution is 5.95. The molecule has 0 aliphatic heterocycles. The molecule has 0 fully saturated rings. The maximum Gasteiger partial charge on any atom is 0.251 e. The first-order chi connectivity index (χ1) is 17.1. The Bertz CT molecular complexity index is 646. The van der Waals surface area contributed by atoms with Crippen LogP contribution >= 0.6 is 0 Å². The third-order valence-electron chi connectivity index (χ3n) is 5.75. The van der Waals surface area contributed by atoms with E-state index in [1.807, 2.05) is 0 Å². The lowest BCUT2D eigenvalue weighted by molar-refractivity contribution is 0.0801. The van der Waals surface area contributed by atoms with Gasteiger partial charge in [-0.15, -0.1) is 0 Å². The number of nitrogens with one attached hydrogen (secondary N) is 1. The van der Waals surface area contributed by atoms with Crippen LogP contribution in [0.5, 0.6) is 17.2 Å². The molecule has 0 aliphatic carbocycles. The van der Waals surface area contributed by atoms with Gasteiger partial charge >= 0.3 is 0 Å². The molecule has 1 rings (SSSR count). The van der Waals surface area contributed by atoms with E-state index >= 15 is 0 Å². The zero-order valence-electron chi connectivity index (χ0n) is 22.3. The van der Waals surface area contributed by atoms with Gasteiger partial charge in [0.05, 0.1) is 32.5 Å². The Morgan fingerprint density at radius 3 is 1.66 bits per heavy atom. The van der Waals surface area contributed by atoms with Gasteiger partial charge in [0.2, 0.25) is 5.75 Å². The number of rotatable bonds is 22. The summed E-state index contributed by atoms with van der Waals surface area (Å²) in [6.45, 7) is 7.71. The van der Waals surface area contributed by atoms with E-state index in [0.717, 1.165) is 70.6 Å². The van der Waals surface area contributed by atoms with Crippen LogP contribution in [0.25, 0.3) is 0 Å². The molecular weight excluding hydrogens is 446 g/mol. The van der Waals surface area contributed by atoms with Gasteiger partial charge in [-0.3, -0.25) is 4.79 Å². The minimum absolute atomic E-state index is 0.0363. The quantitative estimate of drug-likeness (QED) is 0.180. The van der Waals surface area contributed by atoms with Crippen LogP contribution in [0.1, 0.15) is 108 Å². The molecule has 1 aromatic carbocycles. The molecule has 0 heterocycles. The smallest absolute Gasteiger partial charge is 0.251 e. The molecule has 0 aliphatic rings. The molecule has 0 radical (unpaired) electrons. The molecule has 0 bridgehead atoms. The van der Waals surface area contributed by atoms with E-state index < -0.39 is 12.7 Å². The van der Waals surface area contributed by atoms with Gasteiger partial charge in [0.25, 0.3) is 5.91 Å². The second-order valence-electron chi connectivity index (χ2n) is 9.08. The number of aliphatic hydroxyl groups is 2. The van der Waals surface area contributed by atoms with Gasteiger partial charge < -0.3 is 29.7 Å². The van der Waals surface area contributed by atoms with Crippen molar-refractivity contribution in [2.75, 3.05) is 33.0 Å². The van der Waals surface area contributed by atoms with Crippen molar-refractivity contribution in [3.63, 3.8) is 0 Å². The van der Waals surface area contributed by atoms with Gasteiger partial charge in [-0.05, 0) is 31.4 Å². The average Bonchev–Trinajstić information content (AvgIpc) is 2.87. The van der Waals surface area contributed by atoms with Crippen LogP contribution in [0.15, 0.2) is 12.1 Å². The highest BCUT2D eigenvalue weighted by atomic mass is 16.5. The third-order valence-corrected chi connectivity index (χ3v) is 5.75. The molecule has 1 amide bonds. The summed E-state index contributed by atoms with van der Waals surface area (Å²) >= 11 is 0. The number of carbonyl (C=O) groups is 1. The van der Waals surface area contributed by atoms with Crippen LogP contribution in [0.4, 0.5) is 0 Å². The molecule has 202 valence electrons. The predicted octanol–water partition coefficient (Wildman–Crippen LogP) is 5.65. The van der Waals surface area contributed by atoms with E-state index in [4.69, 9.17) is 19.3 Å². The fourth-order valence-electron chi connectivity index (χ4n) is 3.57. The molecule has 1 unspecified atom stereocenters. The van der Waals surface area contributed by atoms with Gasteiger partial charge in [-0.1, -0.05) is 78.6 Å². The number of amides is 1. The van der Waals surface area contributed by atoms with Crippen molar-refractivity contribution >= 4 is 5.91 Å². The number of benzene rings is 1. The lowest BCUT2D eigenvalue weighted by Gasteiger charge is -2.19. The lowest BCUT2D eigenvalue weighted by atomic mass is 10.1. The summed E-state index contributed by atoms with van der Waals surface area (Å²) in [6.07, 6.45) is 12.0. The minimum atomic E-state index is -1.01. The first kappa shape index (κ1) is 31.0. The first-order valence-corrected chi connectivity index (χ1v) is 13.7. The van der Waals surface area contributed by atoms with Crippen molar-refractivity contribution in [1.82, 2.24) is 5.32 Å². The van der Waals surface area contributed by atoms with Crippen LogP contribution in [-0.2, 0) is 0 Å². The molecule has 3 N–H and O–H groups in total. The Morgan fingerprint density at radius 2 is 1.23 bits per heavy atom. The van der Waals surface area contributed by atoms with E-state index in [9.17, 15) is 9.90 Å². The van der Waals surface area contributed by atoms with Crippen molar-refractivity contribution in [2.24, 2.45) is 0 Å². The van der Waals surface area contributed by atoms with Crippen LogP contribution < -0.4 is 19.5 Å². The number of ether oxygens (including phenoxy) is 3. The molecule has 0 saturated carbocycles. The molecule has 0 saturated heterocycles. The monoisotopic (exact) mass is 495 g/mol. The molecule has 0 spiro atoms. The van der Waals surface area contributed by atoms with Gasteiger partial charge in [0, 0.05) is 12.1 Å². The molecular formula is C28H49NO6. The Morgan fingerprint density at radius 1 is 0.771 bits per heavy atom. The summed E-state index contributed by atoms with van der Waals surface area (Å²) in [5, 5.41) is 21.3. The summed E-state index contributed by atoms with van der Waals surface area (Å²) < 4.78 is 18.4. The SMILES string of the molecule is CCCCCCOc1cc(C(=O)NCC(O)CO)cc(OCCCCCC)c1OCCCCCC. The topological polar surface area (TPSA) is 97.3 Å². The number of carbonyl (C=O) groups excluding carboxylic acids is 1. The lowest BCUT2D eigenvalue weighted by Crippen LogP contribution is -2.33. The zero-order valence-corrected chi connectivity index (χ0v) is 22.3. The molecule has 0 aromatic heterocycles. The van der Waals surface area contributed by atoms with E-state index in [0.29, 0.717) is 42.6 Å². The summed E-state index contributed by atoms with van der Waals surface area (Å²) in [6, 6.07) is 3.37. The first-order valence-electron chi connectivity index (χ1n) is 13.7. The van der Waals surface area contributed by atoms with Crippen molar-refractivity contribution < 1.29 is 29.2 Å². The Labute approximate surface area is 212 Å². The largest absolute Gasteiger partial charge is 0.490 e. The number of hydrogen-bond acceptors (Lipinski definition) is 6. The second-order valence-corrected chi connectivity index (χ2v) is 9.08. The average molecular weight is 496 g/mol. The zero-order chi connectivity index (χ0) is 25.7. The van der Waals surface area contributed by atoms with Crippen LogP contribution in [0.2, 0.25) is 0 Å². The van der Waals surface area contributed by atoms with Gasteiger partial charge in [0.1, 0.15) is 0 Å². The van der Waals surface area contributed by atoms with E-state index in [2.05, 4.69) is 26.1 Å².